The maximum Gasteiger partial charge on any atom is 0.337 e. The number of hydrogen-bond acceptors (Lipinski definition) is 4. The molecule has 0 aliphatic carbocycles. The summed E-state index contributed by atoms with van der Waals surface area (Å²) in [6.07, 6.45) is 0. The van der Waals surface area contributed by atoms with Crippen LogP contribution in [0.1, 0.15) is 10.4 Å². The second-order valence-corrected chi connectivity index (χ2v) is 5.32. The third-order valence-corrected chi connectivity index (χ3v) is 3.39. The molecule has 23 heavy (non-hydrogen) atoms. The maximum atomic E-state index is 11.9. The fourth-order valence-electron chi connectivity index (χ4n) is 1.76. The number of halogens is 2. The molecule has 0 heterocycles. The van der Waals surface area contributed by atoms with Crippen LogP contribution in [-0.4, -0.2) is 25.6 Å². The summed E-state index contributed by atoms with van der Waals surface area (Å²) in [5.41, 5.74) is 0.736. The number of esters is 1. The van der Waals surface area contributed by atoms with Crippen LogP contribution < -0.4 is 10.1 Å². The topological polar surface area (TPSA) is 64.6 Å². The number of nitrogens with one attached hydrogen (secondary N) is 1. The Labute approximate surface area is 143 Å². The van der Waals surface area contributed by atoms with E-state index in [1.165, 1.54) is 13.2 Å². The van der Waals surface area contributed by atoms with Crippen LogP contribution in [0, 0.1) is 0 Å². The number of hydrogen-bond donors (Lipinski definition) is 1. The summed E-state index contributed by atoms with van der Waals surface area (Å²) >= 11 is 11.8. The summed E-state index contributed by atoms with van der Waals surface area (Å²) in [5.74, 6) is -0.511. The highest BCUT2D eigenvalue weighted by Crippen LogP contribution is 2.25. The second kappa shape index (κ2) is 7.85. The molecule has 7 heteroatoms. The molecule has 1 N–H and O–H groups in total. The molecule has 0 atom stereocenters. The number of amides is 1. The molecule has 0 fully saturated rings. The van der Waals surface area contributed by atoms with Gasteiger partial charge < -0.3 is 14.8 Å². The number of benzene rings is 2. The number of methoxy groups -OCH3 is 1. The quantitative estimate of drug-likeness (QED) is 0.830. The van der Waals surface area contributed by atoms with E-state index < -0.39 is 11.9 Å². The lowest BCUT2D eigenvalue weighted by Crippen LogP contribution is -2.20. The fourth-order valence-corrected chi connectivity index (χ4v) is 2.10. The molecule has 0 unspecified atom stereocenters. The van der Waals surface area contributed by atoms with Gasteiger partial charge in [-0.15, -0.1) is 0 Å². The number of carbonyl (C=O) groups excluding carboxylic acids is 2. The summed E-state index contributed by atoms with van der Waals surface area (Å²) in [4.78, 5) is 23.3. The van der Waals surface area contributed by atoms with Gasteiger partial charge in [0.1, 0.15) is 5.75 Å². The van der Waals surface area contributed by atoms with E-state index in [4.69, 9.17) is 27.9 Å². The van der Waals surface area contributed by atoms with Crippen molar-refractivity contribution in [1.82, 2.24) is 0 Å². The Hall–Kier alpha value is -2.24. The van der Waals surface area contributed by atoms with Crippen molar-refractivity contribution in [2.75, 3.05) is 19.0 Å². The lowest BCUT2D eigenvalue weighted by Gasteiger charge is -2.09. The van der Waals surface area contributed by atoms with Gasteiger partial charge in [0, 0.05) is 5.02 Å². The van der Waals surface area contributed by atoms with Gasteiger partial charge in [-0.25, -0.2) is 4.79 Å². The molecule has 0 bridgehead atoms. The van der Waals surface area contributed by atoms with Crippen molar-refractivity contribution in [3.8, 4) is 5.75 Å². The predicted molar refractivity (Wildman–Crippen MR) is 88.4 cm³/mol. The first-order valence-electron chi connectivity index (χ1n) is 6.55. The van der Waals surface area contributed by atoms with Crippen molar-refractivity contribution < 1.29 is 19.1 Å². The minimum absolute atomic E-state index is 0.243. The molecule has 0 aliphatic heterocycles. The lowest BCUT2D eigenvalue weighted by atomic mass is 10.2. The van der Waals surface area contributed by atoms with E-state index in [-0.39, 0.29) is 6.61 Å². The highest BCUT2D eigenvalue weighted by atomic mass is 35.5. The zero-order valence-corrected chi connectivity index (χ0v) is 13.6. The van der Waals surface area contributed by atoms with Gasteiger partial charge in [-0.05, 0) is 36.4 Å². The molecule has 120 valence electrons. The Balaban J connectivity index is 1.97. The zero-order chi connectivity index (χ0) is 16.8. The summed E-state index contributed by atoms with van der Waals surface area (Å²) in [7, 11) is 1.29. The Bertz CT molecular complexity index is 734. The third-order valence-electron chi connectivity index (χ3n) is 2.83. The Morgan fingerprint density at radius 1 is 1.13 bits per heavy atom. The van der Waals surface area contributed by atoms with Crippen molar-refractivity contribution in [3.05, 3.63) is 58.1 Å². The molecule has 2 aromatic rings. The second-order valence-electron chi connectivity index (χ2n) is 4.48. The van der Waals surface area contributed by atoms with Crippen LogP contribution in [-0.2, 0) is 9.53 Å². The van der Waals surface area contributed by atoms with Gasteiger partial charge in [0.05, 0.1) is 23.4 Å². The fraction of sp³-hybridized carbons (Fsp3) is 0.125. The van der Waals surface area contributed by atoms with E-state index in [9.17, 15) is 9.59 Å². The average Bonchev–Trinajstić information content (AvgIpc) is 2.56. The van der Waals surface area contributed by atoms with Crippen molar-refractivity contribution >= 4 is 40.8 Å². The van der Waals surface area contributed by atoms with Crippen molar-refractivity contribution in [1.29, 1.82) is 0 Å². The maximum absolute atomic E-state index is 11.9. The first kappa shape index (κ1) is 17.1. The molecule has 0 radical (unpaired) electrons. The van der Waals surface area contributed by atoms with Gasteiger partial charge in [-0.2, -0.15) is 0 Å². The standard InChI is InChI=1S/C16H13Cl2NO4/c1-22-16(21)10-3-2-4-12(7-10)23-9-15(20)19-14-8-11(17)5-6-13(14)18/h2-8H,9H2,1H3,(H,19,20). The van der Waals surface area contributed by atoms with Gasteiger partial charge in [-0.3, -0.25) is 4.79 Å². The summed E-state index contributed by atoms with van der Waals surface area (Å²) in [5, 5.41) is 3.42. The molecule has 1 amide bonds. The molecule has 0 aromatic heterocycles. The van der Waals surface area contributed by atoms with E-state index in [0.717, 1.165) is 0 Å². The van der Waals surface area contributed by atoms with Crippen molar-refractivity contribution in [3.63, 3.8) is 0 Å². The van der Waals surface area contributed by atoms with Gasteiger partial charge >= 0.3 is 5.97 Å². The van der Waals surface area contributed by atoms with Crippen molar-refractivity contribution in [2.45, 2.75) is 0 Å². The van der Waals surface area contributed by atoms with Crippen LogP contribution >= 0.6 is 23.2 Å². The van der Waals surface area contributed by atoms with Crippen LogP contribution in [0.15, 0.2) is 42.5 Å². The summed E-state index contributed by atoms with van der Waals surface area (Å²) in [6, 6.07) is 11.1. The minimum atomic E-state index is -0.481. The normalized spacial score (nSPS) is 10.0. The zero-order valence-electron chi connectivity index (χ0n) is 12.1. The van der Waals surface area contributed by atoms with Crippen LogP contribution in [0.3, 0.4) is 0 Å². The summed E-state index contributed by atoms with van der Waals surface area (Å²) in [6.45, 7) is -0.243. The van der Waals surface area contributed by atoms with E-state index in [2.05, 4.69) is 10.1 Å². The van der Waals surface area contributed by atoms with E-state index in [1.54, 1.807) is 36.4 Å². The van der Waals surface area contributed by atoms with Gasteiger partial charge in [0.15, 0.2) is 6.61 Å². The molecule has 2 rings (SSSR count). The number of carbonyl (C=O) groups is 2. The molecule has 0 spiro atoms. The largest absolute Gasteiger partial charge is 0.484 e. The number of rotatable bonds is 5. The molecule has 0 saturated carbocycles. The summed E-state index contributed by atoms with van der Waals surface area (Å²) < 4.78 is 9.97. The Morgan fingerprint density at radius 2 is 1.91 bits per heavy atom. The van der Waals surface area contributed by atoms with Gasteiger partial charge in [0.25, 0.3) is 5.91 Å². The molecular weight excluding hydrogens is 341 g/mol. The minimum Gasteiger partial charge on any atom is -0.484 e. The highest BCUT2D eigenvalue weighted by molar-refractivity contribution is 6.35. The Morgan fingerprint density at radius 3 is 2.65 bits per heavy atom. The highest BCUT2D eigenvalue weighted by Gasteiger charge is 2.09. The smallest absolute Gasteiger partial charge is 0.337 e. The molecule has 0 saturated heterocycles. The van der Waals surface area contributed by atoms with E-state index in [1.807, 2.05) is 0 Å². The van der Waals surface area contributed by atoms with Crippen LogP contribution in [0.5, 0.6) is 5.75 Å². The first-order valence-corrected chi connectivity index (χ1v) is 7.31. The SMILES string of the molecule is COC(=O)c1cccc(OCC(=O)Nc2cc(Cl)ccc2Cl)c1. The average molecular weight is 354 g/mol. The molecule has 2 aromatic carbocycles. The number of ether oxygens (including phenoxy) is 2. The first-order chi connectivity index (χ1) is 11.0. The van der Waals surface area contributed by atoms with Crippen LogP contribution in [0.25, 0.3) is 0 Å². The predicted octanol–water partition coefficient (Wildman–Crippen LogP) is 3.80. The van der Waals surface area contributed by atoms with Gasteiger partial charge in [-0.1, -0.05) is 29.3 Å². The Kier molecular flexibility index (Phi) is 5.84. The van der Waals surface area contributed by atoms with Gasteiger partial charge in [0.2, 0.25) is 0 Å². The van der Waals surface area contributed by atoms with E-state index in [0.29, 0.717) is 27.0 Å². The van der Waals surface area contributed by atoms with E-state index >= 15 is 0 Å². The number of anilines is 1. The molecule has 0 aliphatic rings. The lowest BCUT2D eigenvalue weighted by molar-refractivity contribution is -0.118. The third kappa shape index (κ3) is 4.87. The van der Waals surface area contributed by atoms with Crippen LogP contribution in [0.2, 0.25) is 10.0 Å². The molecular formula is C16H13Cl2NO4. The molecule has 5 nitrogen and oxygen atoms in total. The van der Waals surface area contributed by atoms with Crippen LogP contribution in [0.4, 0.5) is 5.69 Å². The van der Waals surface area contributed by atoms with Crippen molar-refractivity contribution in [2.24, 2.45) is 0 Å². The monoisotopic (exact) mass is 353 g/mol.